The number of hydrogen-bond acceptors (Lipinski definition) is 2. The van der Waals surface area contributed by atoms with Gasteiger partial charge in [-0.15, -0.1) is 0 Å². The Kier molecular flexibility index (Phi) is 6.18. The van der Waals surface area contributed by atoms with Crippen LogP contribution < -0.4 is 5.43 Å². The van der Waals surface area contributed by atoms with Crippen molar-refractivity contribution in [3.63, 3.8) is 0 Å². The second-order valence-electron chi connectivity index (χ2n) is 7.18. The molecule has 3 aromatic carbocycles. The van der Waals surface area contributed by atoms with E-state index in [4.69, 9.17) is 0 Å². The fourth-order valence-electron chi connectivity index (χ4n) is 2.89. The van der Waals surface area contributed by atoms with E-state index in [1.54, 1.807) is 18.3 Å². The van der Waals surface area contributed by atoms with E-state index in [2.05, 4.69) is 54.7 Å². The van der Waals surface area contributed by atoms with Crippen molar-refractivity contribution in [2.75, 3.05) is 0 Å². The van der Waals surface area contributed by atoms with Crippen molar-refractivity contribution in [1.29, 1.82) is 0 Å². The van der Waals surface area contributed by atoms with E-state index < -0.39 is 0 Å². The second-order valence-corrected chi connectivity index (χ2v) is 7.18. The molecule has 28 heavy (non-hydrogen) atoms. The van der Waals surface area contributed by atoms with Crippen molar-refractivity contribution < 1.29 is 4.79 Å². The van der Waals surface area contributed by atoms with Gasteiger partial charge in [0, 0.05) is 17.2 Å². The van der Waals surface area contributed by atoms with Crippen LogP contribution in [0.25, 0.3) is 5.57 Å². The molecule has 3 heteroatoms. The Morgan fingerprint density at radius 3 is 1.64 bits per heavy atom. The van der Waals surface area contributed by atoms with Crippen LogP contribution in [0.4, 0.5) is 0 Å². The van der Waals surface area contributed by atoms with Crippen LogP contribution in [0, 0.1) is 5.41 Å². The molecule has 0 atom stereocenters. The third-order valence-electron chi connectivity index (χ3n) is 4.29. The smallest absolute Gasteiger partial charge is 0.267 e. The van der Waals surface area contributed by atoms with E-state index in [1.807, 2.05) is 54.6 Å². The molecule has 0 unspecified atom stereocenters. The number of allylic oxidation sites excluding steroid dienone is 1. The van der Waals surface area contributed by atoms with Crippen molar-refractivity contribution >= 4 is 17.7 Å². The zero-order chi connectivity index (χ0) is 19.8. The lowest BCUT2D eigenvalue weighted by atomic mass is 9.87. The summed E-state index contributed by atoms with van der Waals surface area (Å²) in [5.74, 6) is -0.219. The monoisotopic (exact) mass is 368 g/mol. The number of rotatable bonds is 6. The number of hydrogen-bond donors (Lipinski definition) is 1. The molecule has 0 radical (unpaired) electrons. The second kappa shape index (κ2) is 8.96. The Morgan fingerprint density at radius 2 is 1.18 bits per heavy atom. The summed E-state index contributed by atoms with van der Waals surface area (Å²) in [5, 5.41) is 4.19. The summed E-state index contributed by atoms with van der Waals surface area (Å²) in [6.07, 6.45) is 3.94. The predicted octanol–water partition coefficient (Wildman–Crippen LogP) is 5.56. The molecule has 3 aromatic rings. The predicted molar refractivity (Wildman–Crippen MR) is 116 cm³/mol. The van der Waals surface area contributed by atoms with Crippen LogP contribution in [-0.4, -0.2) is 12.1 Å². The zero-order valence-electron chi connectivity index (χ0n) is 16.2. The first kappa shape index (κ1) is 19.3. The van der Waals surface area contributed by atoms with Crippen molar-refractivity contribution in [3.05, 3.63) is 114 Å². The first-order chi connectivity index (χ1) is 13.6. The number of benzene rings is 3. The summed E-state index contributed by atoms with van der Waals surface area (Å²) in [5.41, 5.74) is 6.25. The van der Waals surface area contributed by atoms with Gasteiger partial charge in [0.2, 0.25) is 0 Å². The van der Waals surface area contributed by atoms with Crippen molar-refractivity contribution in [2.45, 2.75) is 13.8 Å². The molecular formula is C25H24N2O. The Hall–Kier alpha value is -3.46. The molecule has 140 valence electrons. The highest BCUT2D eigenvalue weighted by molar-refractivity contribution is 5.94. The van der Waals surface area contributed by atoms with Gasteiger partial charge in [-0.05, 0) is 28.8 Å². The van der Waals surface area contributed by atoms with E-state index in [0.717, 1.165) is 16.7 Å². The lowest BCUT2D eigenvalue weighted by Gasteiger charge is -2.18. The van der Waals surface area contributed by atoms with Gasteiger partial charge >= 0.3 is 0 Å². The standard InChI is InChI=1S/C25H24N2O/c1-25(2,19-26-27-24(28)22-16-10-5-11-17-22)18-23(20-12-6-3-7-13-20)21-14-8-4-9-15-21/h3-19H,1-2H3,(H,27,28)/b26-19+. The van der Waals surface area contributed by atoms with Gasteiger partial charge in [0.15, 0.2) is 0 Å². The molecule has 3 nitrogen and oxygen atoms in total. The first-order valence-corrected chi connectivity index (χ1v) is 9.28. The number of carbonyl (C=O) groups is 1. The van der Waals surface area contributed by atoms with Gasteiger partial charge in [-0.25, -0.2) is 5.43 Å². The van der Waals surface area contributed by atoms with Crippen molar-refractivity contribution in [2.24, 2.45) is 10.5 Å². The third kappa shape index (κ3) is 5.27. The molecule has 0 aliphatic rings. The van der Waals surface area contributed by atoms with E-state index in [-0.39, 0.29) is 11.3 Å². The van der Waals surface area contributed by atoms with Gasteiger partial charge in [0.1, 0.15) is 0 Å². The first-order valence-electron chi connectivity index (χ1n) is 9.28. The molecule has 0 aromatic heterocycles. The van der Waals surface area contributed by atoms with E-state index >= 15 is 0 Å². The Labute approximate surface area is 166 Å². The number of nitrogens with zero attached hydrogens (tertiary/aromatic N) is 1. The molecule has 0 saturated carbocycles. The van der Waals surface area contributed by atoms with Gasteiger partial charge in [-0.3, -0.25) is 4.79 Å². The van der Waals surface area contributed by atoms with Crippen LogP contribution in [0.3, 0.4) is 0 Å². The minimum absolute atomic E-state index is 0.219. The van der Waals surface area contributed by atoms with E-state index in [1.165, 1.54) is 0 Å². The normalized spacial score (nSPS) is 11.2. The summed E-state index contributed by atoms with van der Waals surface area (Å²) in [4.78, 5) is 12.2. The molecule has 0 saturated heterocycles. The fourth-order valence-corrected chi connectivity index (χ4v) is 2.89. The molecular weight excluding hydrogens is 344 g/mol. The van der Waals surface area contributed by atoms with E-state index in [9.17, 15) is 4.79 Å². The summed E-state index contributed by atoms with van der Waals surface area (Å²) >= 11 is 0. The van der Waals surface area contributed by atoms with Crippen LogP contribution in [-0.2, 0) is 0 Å². The van der Waals surface area contributed by atoms with Gasteiger partial charge in [0.05, 0.1) is 0 Å². The molecule has 1 N–H and O–H groups in total. The van der Waals surface area contributed by atoms with E-state index in [0.29, 0.717) is 5.56 Å². The van der Waals surface area contributed by atoms with Gasteiger partial charge in [0.25, 0.3) is 5.91 Å². The molecule has 0 aliphatic carbocycles. The quantitative estimate of drug-likeness (QED) is 0.449. The van der Waals surface area contributed by atoms with Gasteiger partial charge in [-0.1, -0.05) is 98.8 Å². The number of carbonyl (C=O) groups excluding carboxylic acids is 1. The topological polar surface area (TPSA) is 41.5 Å². The minimum atomic E-state index is -0.356. The number of hydrazone groups is 1. The molecule has 0 aliphatic heterocycles. The highest BCUT2D eigenvalue weighted by Gasteiger charge is 2.16. The molecule has 0 bridgehead atoms. The fraction of sp³-hybridized carbons (Fsp3) is 0.120. The summed E-state index contributed by atoms with van der Waals surface area (Å²) in [6.45, 7) is 4.13. The third-order valence-corrected chi connectivity index (χ3v) is 4.29. The Bertz CT molecular complexity index is 918. The van der Waals surface area contributed by atoms with Crippen LogP contribution in [0.5, 0.6) is 0 Å². The Morgan fingerprint density at radius 1 is 0.750 bits per heavy atom. The van der Waals surface area contributed by atoms with Crippen molar-refractivity contribution in [3.8, 4) is 0 Å². The molecule has 1 amide bonds. The average molecular weight is 368 g/mol. The van der Waals surface area contributed by atoms with Gasteiger partial charge in [-0.2, -0.15) is 5.10 Å². The van der Waals surface area contributed by atoms with Gasteiger partial charge < -0.3 is 0 Å². The van der Waals surface area contributed by atoms with Crippen LogP contribution in [0.2, 0.25) is 0 Å². The lowest BCUT2D eigenvalue weighted by Crippen LogP contribution is -2.20. The van der Waals surface area contributed by atoms with Crippen molar-refractivity contribution in [1.82, 2.24) is 5.43 Å². The SMILES string of the molecule is CC(C)(C=C(c1ccccc1)c1ccccc1)/C=N/NC(=O)c1ccccc1. The maximum Gasteiger partial charge on any atom is 0.271 e. The summed E-state index contributed by atoms with van der Waals surface area (Å²) in [7, 11) is 0. The highest BCUT2D eigenvalue weighted by Crippen LogP contribution is 2.28. The van der Waals surface area contributed by atoms with Crippen LogP contribution >= 0.6 is 0 Å². The molecule has 0 spiro atoms. The van der Waals surface area contributed by atoms with Crippen LogP contribution in [0.15, 0.2) is 102 Å². The summed E-state index contributed by atoms with van der Waals surface area (Å²) < 4.78 is 0. The maximum atomic E-state index is 12.2. The number of nitrogens with one attached hydrogen (secondary N) is 1. The van der Waals surface area contributed by atoms with Crippen LogP contribution in [0.1, 0.15) is 35.3 Å². The average Bonchev–Trinajstić information content (AvgIpc) is 2.74. The highest BCUT2D eigenvalue weighted by atomic mass is 16.2. The number of amides is 1. The molecule has 0 heterocycles. The molecule has 3 rings (SSSR count). The summed E-state index contributed by atoms with van der Waals surface area (Å²) in [6, 6.07) is 29.6. The minimum Gasteiger partial charge on any atom is -0.267 e. The molecule has 0 fully saturated rings. The maximum absolute atomic E-state index is 12.2. The zero-order valence-corrected chi connectivity index (χ0v) is 16.2. The Balaban J connectivity index is 1.83. The largest absolute Gasteiger partial charge is 0.271 e. The lowest BCUT2D eigenvalue weighted by molar-refractivity contribution is 0.0955.